The maximum atomic E-state index is 11.9. The van der Waals surface area contributed by atoms with Crippen LogP contribution in [0.1, 0.15) is 10.6 Å². The fourth-order valence-electron chi connectivity index (χ4n) is 1.63. The van der Waals surface area contributed by atoms with Gasteiger partial charge in [0.2, 0.25) is 0 Å². The first-order valence-electron chi connectivity index (χ1n) is 5.62. The molecule has 0 atom stereocenters. The standard InChI is InChI=1S/C12H8ClN5O2/c13-11-5-4-10(20-11)12(19)15-8-2-1-3-9(6-8)18-7-14-16-17-18/h1-7H,(H,15,19). The van der Waals surface area contributed by atoms with Crippen LogP contribution in [0.25, 0.3) is 5.69 Å². The number of hydrogen-bond donors (Lipinski definition) is 1. The van der Waals surface area contributed by atoms with Gasteiger partial charge in [0.25, 0.3) is 5.91 Å². The molecule has 3 aromatic rings. The molecule has 8 heteroatoms. The number of anilines is 1. The summed E-state index contributed by atoms with van der Waals surface area (Å²) in [5.74, 6) is -0.242. The molecule has 20 heavy (non-hydrogen) atoms. The number of carbonyl (C=O) groups excluding carboxylic acids is 1. The predicted octanol–water partition coefficient (Wildman–Crippen LogP) is 2.16. The Bertz CT molecular complexity index is 738. The molecule has 0 aliphatic carbocycles. The summed E-state index contributed by atoms with van der Waals surface area (Å²) in [6.07, 6.45) is 1.47. The van der Waals surface area contributed by atoms with Crippen LogP contribution in [0.15, 0.2) is 47.1 Å². The highest BCUT2D eigenvalue weighted by Crippen LogP contribution is 2.17. The second-order valence-corrected chi connectivity index (χ2v) is 4.24. The van der Waals surface area contributed by atoms with Gasteiger partial charge in [-0.3, -0.25) is 4.79 Å². The minimum absolute atomic E-state index is 0.142. The first-order chi connectivity index (χ1) is 9.72. The van der Waals surface area contributed by atoms with E-state index in [0.717, 1.165) is 5.69 Å². The first-order valence-corrected chi connectivity index (χ1v) is 6.00. The van der Waals surface area contributed by atoms with Gasteiger partial charge >= 0.3 is 0 Å². The molecule has 1 aromatic carbocycles. The number of amides is 1. The second-order valence-electron chi connectivity index (χ2n) is 3.86. The van der Waals surface area contributed by atoms with Crippen molar-refractivity contribution in [2.24, 2.45) is 0 Å². The lowest BCUT2D eigenvalue weighted by Gasteiger charge is -2.05. The van der Waals surface area contributed by atoms with Crippen LogP contribution in [0, 0.1) is 0 Å². The van der Waals surface area contributed by atoms with Crippen molar-refractivity contribution in [1.82, 2.24) is 20.2 Å². The second kappa shape index (κ2) is 5.14. The van der Waals surface area contributed by atoms with Gasteiger partial charge in [0.15, 0.2) is 11.0 Å². The Morgan fingerprint density at radius 1 is 1.30 bits per heavy atom. The number of furan rings is 1. The number of halogens is 1. The number of rotatable bonds is 3. The monoisotopic (exact) mass is 289 g/mol. The molecule has 0 radical (unpaired) electrons. The highest BCUT2D eigenvalue weighted by Gasteiger charge is 2.11. The Balaban J connectivity index is 1.81. The van der Waals surface area contributed by atoms with Gasteiger partial charge in [-0.1, -0.05) is 6.07 Å². The Morgan fingerprint density at radius 2 is 2.20 bits per heavy atom. The van der Waals surface area contributed by atoms with Gasteiger partial charge < -0.3 is 9.73 Å². The zero-order valence-electron chi connectivity index (χ0n) is 10.0. The van der Waals surface area contributed by atoms with Gasteiger partial charge in [0.1, 0.15) is 6.33 Å². The molecule has 100 valence electrons. The highest BCUT2D eigenvalue weighted by atomic mass is 35.5. The number of nitrogens with zero attached hydrogens (tertiary/aromatic N) is 4. The first kappa shape index (κ1) is 12.4. The molecule has 7 nitrogen and oxygen atoms in total. The van der Waals surface area contributed by atoms with Crippen molar-refractivity contribution in [2.75, 3.05) is 5.32 Å². The van der Waals surface area contributed by atoms with Gasteiger partial charge in [-0.05, 0) is 52.4 Å². The lowest BCUT2D eigenvalue weighted by molar-refractivity contribution is 0.0997. The quantitative estimate of drug-likeness (QED) is 0.798. The molecule has 0 unspecified atom stereocenters. The van der Waals surface area contributed by atoms with Crippen molar-refractivity contribution < 1.29 is 9.21 Å². The van der Waals surface area contributed by atoms with Crippen LogP contribution in [0.3, 0.4) is 0 Å². The third kappa shape index (κ3) is 2.52. The molecule has 0 bridgehead atoms. The molecular formula is C12H8ClN5O2. The molecule has 0 saturated heterocycles. The lowest BCUT2D eigenvalue weighted by atomic mass is 10.2. The van der Waals surface area contributed by atoms with Crippen LogP contribution < -0.4 is 5.32 Å². The third-order valence-corrected chi connectivity index (χ3v) is 2.72. The Labute approximate surface area is 118 Å². The van der Waals surface area contributed by atoms with E-state index in [1.807, 2.05) is 6.07 Å². The SMILES string of the molecule is O=C(Nc1cccc(-n2cnnn2)c1)c1ccc(Cl)o1. The molecule has 3 rings (SSSR count). The summed E-state index contributed by atoms with van der Waals surface area (Å²) >= 11 is 5.63. The molecule has 0 spiro atoms. The smallest absolute Gasteiger partial charge is 0.291 e. The van der Waals surface area contributed by atoms with Crippen LogP contribution in [0.4, 0.5) is 5.69 Å². The summed E-state index contributed by atoms with van der Waals surface area (Å²) in [6, 6.07) is 10.1. The van der Waals surface area contributed by atoms with Gasteiger partial charge in [-0.2, -0.15) is 0 Å². The summed E-state index contributed by atoms with van der Waals surface area (Å²) in [7, 11) is 0. The summed E-state index contributed by atoms with van der Waals surface area (Å²) in [6.45, 7) is 0. The number of aromatic nitrogens is 4. The van der Waals surface area contributed by atoms with Crippen molar-refractivity contribution in [3.05, 3.63) is 53.7 Å². The van der Waals surface area contributed by atoms with Gasteiger partial charge in [-0.25, -0.2) is 4.68 Å². The maximum Gasteiger partial charge on any atom is 0.291 e. The van der Waals surface area contributed by atoms with E-state index in [1.165, 1.54) is 23.1 Å². The van der Waals surface area contributed by atoms with Crippen molar-refractivity contribution in [2.45, 2.75) is 0 Å². The Morgan fingerprint density at radius 3 is 2.90 bits per heavy atom. The molecule has 0 fully saturated rings. The summed E-state index contributed by atoms with van der Waals surface area (Å²) in [5.41, 5.74) is 1.32. The maximum absolute atomic E-state index is 11.9. The molecule has 0 saturated carbocycles. The summed E-state index contributed by atoms with van der Waals surface area (Å²) in [5, 5.41) is 13.8. The number of benzene rings is 1. The van der Waals surface area contributed by atoms with E-state index in [4.69, 9.17) is 16.0 Å². The predicted molar refractivity (Wildman–Crippen MR) is 70.8 cm³/mol. The molecule has 0 aliphatic rings. The molecule has 2 heterocycles. The van der Waals surface area contributed by atoms with E-state index >= 15 is 0 Å². The van der Waals surface area contributed by atoms with E-state index in [1.54, 1.807) is 18.2 Å². The minimum atomic E-state index is -0.384. The van der Waals surface area contributed by atoms with Crippen LogP contribution in [0.2, 0.25) is 5.22 Å². The molecule has 0 aliphatic heterocycles. The zero-order valence-corrected chi connectivity index (χ0v) is 10.8. The van der Waals surface area contributed by atoms with Crippen molar-refractivity contribution in [3.8, 4) is 5.69 Å². The van der Waals surface area contributed by atoms with Gasteiger partial charge in [0, 0.05) is 5.69 Å². The fourth-order valence-corrected chi connectivity index (χ4v) is 1.78. The number of nitrogens with one attached hydrogen (secondary N) is 1. The van der Waals surface area contributed by atoms with Crippen LogP contribution in [-0.2, 0) is 0 Å². The Hall–Kier alpha value is -2.67. The number of hydrogen-bond acceptors (Lipinski definition) is 5. The number of tetrazole rings is 1. The zero-order chi connectivity index (χ0) is 13.9. The topological polar surface area (TPSA) is 85.8 Å². The minimum Gasteiger partial charge on any atom is -0.440 e. The van der Waals surface area contributed by atoms with Crippen molar-refractivity contribution in [1.29, 1.82) is 0 Å². The largest absolute Gasteiger partial charge is 0.440 e. The van der Waals surface area contributed by atoms with Gasteiger partial charge in [0.05, 0.1) is 5.69 Å². The molecule has 1 N–H and O–H groups in total. The molecule has 2 aromatic heterocycles. The van der Waals surface area contributed by atoms with Crippen LogP contribution in [-0.4, -0.2) is 26.1 Å². The van der Waals surface area contributed by atoms with E-state index in [2.05, 4.69) is 20.8 Å². The third-order valence-electron chi connectivity index (χ3n) is 2.51. The van der Waals surface area contributed by atoms with E-state index < -0.39 is 0 Å². The van der Waals surface area contributed by atoms with E-state index in [-0.39, 0.29) is 16.9 Å². The van der Waals surface area contributed by atoms with E-state index in [0.29, 0.717) is 5.69 Å². The Kier molecular flexibility index (Phi) is 3.18. The molecule has 1 amide bonds. The van der Waals surface area contributed by atoms with Crippen LogP contribution >= 0.6 is 11.6 Å². The van der Waals surface area contributed by atoms with Crippen molar-refractivity contribution >= 4 is 23.2 Å². The average molecular weight is 290 g/mol. The summed E-state index contributed by atoms with van der Waals surface area (Å²) < 4.78 is 6.52. The normalized spacial score (nSPS) is 10.4. The van der Waals surface area contributed by atoms with Crippen molar-refractivity contribution in [3.63, 3.8) is 0 Å². The average Bonchev–Trinajstić information content (AvgIpc) is 3.10. The van der Waals surface area contributed by atoms with Gasteiger partial charge in [-0.15, -0.1) is 5.10 Å². The highest BCUT2D eigenvalue weighted by molar-refractivity contribution is 6.29. The summed E-state index contributed by atoms with van der Waals surface area (Å²) in [4.78, 5) is 11.9. The van der Waals surface area contributed by atoms with Crippen LogP contribution in [0.5, 0.6) is 0 Å². The lowest BCUT2D eigenvalue weighted by Crippen LogP contribution is -2.11. The molecular weight excluding hydrogens is 282 g/mol. The van der Waals surface area contributed by atoms with E-state index in [9.17, 15) is 4.79 Å². The number of carbonyl (C=O) groups is 1. The fraction of sp³-hybridized carbons (Fsp3) is 0.